The largest absolute Gasteiger partial charge is 0.308 e. The number of rotatable bonds is 6. The van der Waals surface area contributed by atoms with E-state index < -0.39 is 0 Å². The van der Waals surface area contributed by atoms with Crippen LogP contribution in [0.25, 0.3) is 0 Å². The first kappa shape index (κ1) is 16.7. The molecule has 114 valence electrons. The van der Waals surface area contributed by atoms with Crippen molar-refractivity contribution in [1.82, 2.24) is 15.1 Å². The summed E-state index contributed by atoms with van der Waals surface area (Å²) in [5, 5.41) is 8.94. The summed E-state index contributed by atoms with van der Waals surface area (Å²) in [5.41, 5.74) is 1.31. The summed E-state index contributed by atoms with van der Waals surface area (Å²) in [6.45, 7) is 7.68. The van der Waals surface area contributed by atoms with E-state index in [1.54, 1.807) is 0 Å². The van der Waals surface area contributed by atoms with Crippen molar-refractivity contribution >= 4 is 39.5 Å². The van der Waals surface area contributed by atoms with E-state index in [1.165, 1.54) is 23.0 Å². The molecule has 0 bridgehead atoms. The van der Waals surface area contributed by atoms with E-state index in [0.29, 0.717) is 17.3 Å². The summed E-state index contributed by atoms with van der Waals surface area (Å²) in [7, 11) is 0. The Morgan fingerprint density at radius 2 is 2.30 bits per heavy atom. The summed E-state index contributed by atoms with van der Waals surface area (Å²) in [5.74, 6) is 3.76. The fourth-order valence-electron chi connectivity index (χ4n) is 2.46. The highest BCUT2D eigenvalue weighted by Crippen LogP contribution is 2.37. The number of hydrogen-bond acceptors (Lipinski definition) is 4. The molecule has 2 heterocycles. The number of nitrogens with zero attached hydrogens (tertiary/aromatic N) is 2. The molecule has 1 N–H and O–H groups in total. The lowest BCUT2D eigenvalue weighted by Gasteiger charge is -2.31. The third-order valence-electron chi connectivity index (χ3n) is 3.40. The Morgan fingerprint density at radius 3 is 2.90 bits per heavy atom. The van der Waals surface area contributed by atoms with Gasteiger partial charge in [0.25, 0.3) is 0 Å². The minimum Gasteiger partial charge on any atom is -0.308 e. The molecule has 3 nitrogen and oxygen atoms in total. The molecule has 0 spiro atoms. The molecular formula is C14H24BrN3S2. The van der Waals surface area contributed by atoms with Gasteiger partial charge < -0.3 is 5.32 Å². The molecule has 1 saturated heterocycles. The first-order valence-electron chi connectivity index (χ1n) is 7.30. The van der Waals surface area contributed by atoms with Crippen LogP contribution in [0.4, 0.5) is 0 Å². The Morgan fingerprint density at radius 1 is 1.50 bits per heavy atom. The first-order chi connectivity index (χ1) is 9.65. The molecule has 20 heavy (non-hydrogen) atoms. The standard InChI is InChI=1S/C14H24BrN3S2/c1-4-5-16-13(12-9-19-6-7-20-12)14-11(15)8-17-18(14)10(2)3/h8,10,12-13,16H,4-7,9H2,1-3H3. The van der Waals surface area contributed by atoms with Crippen molar-refractivity contribution in [2.75, 3.05) is 23.8 Å². The Balaban J connectivity index is 2.27. The third-order valence-corrected chi connectivity index (χ3v) is 6.87. The number of halogens is 1. The van der Waals surface area contributed by atoms with Gasteiger partial charge >= 0.3 is 0 Å². The highest BCUT2D eigenvalue weighted by atomic mass is 79.9. The smallest absolute Gasteiger partial charge is 0.0710 e. The molecule has 0 aliphatic carbocycles. The lowest BCUT2D eigenvalue weighted by atomic mass is 10.1. The van der Waals surface area contributed by atoms with Gasteiger partial charge in [0.15, 0.2) is 0 Å². The highest BCUT2D eigenvalue weighted by Gasteiger charge is 2.30. The fraction of sp³-hybridized carbons (Fsp3) is 0.786. The lowest BCUT2D eigenvalue weighted by molar-refractivity contribution is 0.441. The van der Waals surface area contributed by atoms with E-state index in [-0.39, 0.29) is 0 Å². The van der Waals surface area contributed by atoms with Crippen LogP contribution in [0.2, 0.25) is 0 Å². The van der Waals surface area contributed by atoms with Crippen molar-refractivity contribution in [2.24, 2.45) is 0 Å². The second-order valence-electron chi connectivity index (χ2n) is 5.33. The van der Waals surface area contributed by atoms with Crippen LogP contribution >= 0.6 is 39.5 Å². The molecule has 2 atom stereocenters. The maximum absolute atomic E-state index is 4.55. The molecule has 0 saturated carbocycles. The molecule has 1 aliphatic rings. The fourth-order valence-corrected chi connectivity index (χ4v) is 5.82. The van der Waals surface area contributed by atoms with Crippen LogP contribution in [0, 0.1) is 0 Å². The van der Waals surface area contributed by atoms with E-state index >= 15 is 0 Å². The van der Waals surface area contributed by atoms with Crippen LogP contribution in [-0.2, 0) is 0 Å². The topological polar surface area (TPSA) is 29.9 Å². The molecule has 2 unspecified atom stereocenters. The van der Waals surface area contributed by atoms with E-state index in [9.17, 15) is 0 Å². The van der Waals surface area contributed by atoms with Crippen molar-refractivity contribution in [3.8, 4) is 0 Å². The monoisotopic (exact) mass is 377 g/mol. The lowest BCUT2D eigenvalue weighted by Crippen LogP contribution is -2.36. The predicted octanol–water partition coefficient (Wildman–Crippen LogP) is 4.12. The number of thioether (sulfide) groups is 2. The average Bonchev–Trinajstić information content (AvgIpc) is 2.83. The van der Waals surface area contributed by atoms with E-state index in [4.69, 9.17) is 0 Å². The Hall–Kier alpha value is 0.350. The summed E-state index contributed by atoms with van der Waals surface area (Å²) >= 11 is 7.89. The molecule has 0 amide bonds. The summed E-state index contributed by atoms with van der Waals surface area (Å²) in [4.78, 5) is 0. The van der Waals surface area contributed by atoms with Crippen molar-refractivity contribution in [3.05, 3.63) is 16.4 Å². The molecule has 0 radical (unpaired) electrons. The van der Waals surface area contributed by atoms with E-state index in [1.807, 2.05) is 6.20 Å². The van der Waals surface area contributed by atoms with Gasteiger partial charge in [-0.2, -0.15) is 28.6 Å². The Bertz CT molecular complexity index is 417. The Labute approximate surface area is 139 Å². The van der Waals surface area contributed by atoms with Gasteiger partial charge in [0.05, 0.1) is 22.4 Å². The van der Waals surface area contributed by atoms with Gasteiger partial charge in [-0.05, 0) is 42.7 Å². The van der Waals surface area contributed by atoms with Gasteiger partial charge in [-0.15, -0.1) is 0 Å². The van der Waals surface area contributed by atoms with Crippen LogP contribution in [0.1, 0.15) is 45.0 Å². The number of hydrogen-bond donors (Lipinski definition) is 1. The zero-order chi connectivity index (χ0) is 14.5. The maximum Gasteiger partial charge on any atom is 0.0710 e. The normalized spacial score (nSPS) is 21.4. The maximum atomic E-state index is 4.55. The quantitative estimate of drug-likeness (QED) is 0.807. The SMILES string of the molecule is CCCNC(c1c(Br)cnn1C(C)C)C1CSCCS1. The Kier molecular flexibility index (Phi) is 6.78. The third kappa shape index (κ3) is 3.96. The molecule has 0 aromatic carbocycles. The van der Waals surface area contributed by atoms with Gasteiger partial charge in [0.1, 0.15) is 0 Å². The highest BCUT2D eigenvalue weighted by molar-refractivity contribution is 9.10. The summed E-state index contributed by atoms with van der Waals surface area (Å²) in [6.07, 6.45) is 3.10. The van der Waals surface area contributed by atoms with Gasteiger partial charge in [-0.25, -0.2) is 0 Å². The van der Waals surface area contributed by atoms with E-state index in [2.05, 4.69) is 75.3 Å². The van der Waals surface area contributed by atoms with Crippen LogP contribution in [-0.4, -0.2) is 38.8 Å². The minimum atomic E-state index is 0.382. The van der Waals surface area contributed by atoms with Gasteiger partial charge in [0, 0.05) is 28.6 Å². The van der Waals surface area contributed by atoms with Crippen molar-refractivity contribution in [3.63, 3.8) is 0 Å². The number of aromatic nitrogens is 2. The molecule has 1 fully saturated rings. The van der Waals surface area contributed by atoms with Gasteiger partial charge in [-0.3, -0.25) is 4.68 Å². The minimum absolute atomic E-state index is 0.382. The van der Waals surface area contributed by atoms with Gasteiger partial charge in [0.2, 0.25) is 0 Å². The van der Waals surface area contributed by atoms with Crippen LogP contribution in [0.3, 0.4) is 0 Å². The van der Waals surface area contributed by atoms with Crippen LogP contribution in [0.5, 0.6) is 0 Å². The molecule has 6 heteroatoms. The summed E-state index contributed by atoms with van der Waals surface area (Å²) < 4.78 is 3.30. The average molecular weight is 378 g/mol. The molecule has 1 aromatic heterocycles. The molecule has 1 aromatic rings. The first-order valence-corrected chi connectivity index (χ1v) is 10.3. The van der Waals surface area contributed by atoms with Crippen molar-refractivity contribution < 1.29 is 0 Å². The van der Waals surface area contributed by atoms with E-state index in [0.717, 1.165) is 17.4 Å². The van der Waals surface area contributed by atoms with Crippen LogP contribution < -0.4 is 5.32 Å². The second kappa shape index (κ2) is 8.11. The zero-order valence-corrected chi connectivity index (χ0v) is 15.7. The molecular weight excluding hydrogens is 354 g/mol. The van der Waals surface area contributed by atoms with Crippen molar-refractivity contribution in [1.29, 1.82) is 0 Å². The second-order valence-corrected chi connectivity index (χ2v) is 8.68. The predicted molar refractivity (Wildman–Crippen MR) is 94.9 cm³/mol. The molecule has 1 aliphatic heterocycles. The van der Waals surface area contributed by atoms with Gasteiger partial charge in [-0.1, -0.05) is 6.92 Å². The zero-order valence-electron chi connectivity index (χ0n) is 12.4. The summed E-state index contributed by atoms with van der Waals surface area (Å²) in [6, 6.07) is 0.774. The van der Waals surface area contributed by atoms with Crippen LogP contribution in [0.15, 0.2) is 10.7 Å². The number of nitrogens with one attached hydrogen (secondary N) is 1. The molecule has 2 rings (SSSR count). The van der Waals surface area contributed by atoms with Crippen molar-refractivity contribution in [2.45, 2.75) is 44.5 Å².